The molecule has 1 aromatic heterocycles. The van der Waals surface area contributed by atoms with Gasteiger partial charge in [-0.15, -0.1) is 10.2 Å². The van der Waals surface area contributed by atoms with E-state index in [0.29, 0.717) is 29.7 Å². The van der Waals surface area contributed by atoms with Gasteiger partial charge in [0.25, 0.3) is 5.89 Å². The summed E-state index contributed by atoms with van der Waals surface area (Å²) in [5, 5.41) is 21.6. The maximum atomic E-state index is 10.5. The molecule has 1 aliphatic rings. The topological polar surface area (TPSA) is 83.7 Å². The highest BCUT2D eigenvalue weighted by Crippen LogP contribution is 2.29. The molecular weight excluding hydrogens is 356 g/mol. The zero-order valence-electron chi connectivity index (χ0n) is 15.6. The molecule has 0 bridgehead atoms. The van der Waals surface area contributed by atoms with Crippen molar-refractivity contribution >= 4 is 0 Å². The van der Waals surface area contributed by atoms with Gasteiger partial charge in [-0.05, 0) is 17.7 Å². The average molecular weight is 380 g/mol. The first-order valence-corrected chi connectivity index (χ1v) is 9.51. The Balaban J connectivity index is 1.39. The molecule has 146 valence electrons. The molecule has 2 aromatic carbocycles. The van der Waals surface area contributed by atoms with Crippen LogP contribution in [-0.4, -0.2) is 52.7 Å². The van der Waals surface area contributed by atoms with Crippen LogP contribution < -0.4 is 10.1 Å². The van der Waals surface area contributed by atoms with Gasteiger partial charge in [-0.2, -0.15) is 0 Å². The van der Waals surface area contributed by atoms with E-state index in [1.165, 1.54) is 12.0 Å². The summed E-state index contributed by atoms with van der Waals surface area (Å²) in [4.78, 5) is 2.39. The summed E-state index contributed by atoms with van der Waals surface area (Å²) in [6.07, 6.45) is 0.855. The number of ether oxygens (including phenoxy) is 1. The van der Waals surface area contributed by atoms with Crippen molar-refractivity contribution in [2.45, 2.75) is 18.8 Å². The molecule has 4 rings (SSSR count). The lowest BCUT2D eigenvalue weighted by Gasteiger charge is -2.37. The molecule has 1 aliphatic heterocycles. The van der Waals surface area contributed by atoms with Gasteiger partial charge in [-0.3, -0.25) is 4.90 Å². The van der Waals surface area contributed by atoms with E-state index >= 15 is 0 Å². The Hall–Kier alpha value is -2.74. The van der Waals surface area contributed by atoms with E-state index < -0.39 is 6.29 Å². The molecule has 1 saturated heterocycles. The van der Waals surface area contributed by atoms with Gasteiger partial charge in [-0.25, -0.2) is 0 Å². The van der Waals surface area contributed by atoms with Crippen LogP contribution in [0.4, 0.5) is 0 Å². The molecule has 7 heteroatoms. The SMILES string of the molecule is OC(CCN1CCNCC1c1ccccc1)Oc1ccccc1-c1nnco1. The standard InChI is InChI=1S/C21H24N4O3/c26-20(28-19-9-5-4-8-17(19)21-24-23-15-27-21)10-12-25-13-11-22-14-18(25)16-6-2-1-3-7-16/h1-9,15,18,20,22,26H,10-14H2. The molecule has 0 saturated carbocycles. The van der Waals surface area contributed by atoms with E-state index in [-0.39, 0.29) is 0 Å². The Morgan fingerprint density at radius 3 is 2.82 bits per heavy atom. The highest BCUT2D eigenvalue weighted by atomic mass is 16.6. The van der Waals surface area contributed by atoms with Crippen LogP contribution in [0.15, 0.2) is 65.4 Å². The van der Waals surface area contributed by atoms with E-state index in [0.717, 1.165) is 26.2 Å². The molecule has 2 unspecified atom stereocenters. The van der Waals surface area contributed by atoms with Gasteiger partial charge in [0.05, 0.1) is 5.56 Å². The Morgan fingerprint density at radius 2 is 2.00 bits per heavy atom. The largest absolute Gasteiger partial charge is 0.464 e. The first-order valence-electron chi connectivity index (χ1n) is 9.51. The first-order chi connectivity index (χ1) is 13.8. The van der Waals surface area contributed by atoms with Gasteiger partial charge in [0.15, 0.2) is 6.29 Å². The molecule has 3 aromatic rings. The molecule has 0 radical (unpaired) electrons. The maximum Gasteiger partial charge on any atom is 0.251 e. The van der Waals surface area contributed by atoms with Gasteiger partial charge in [0, 0.05) is 38.6 Å². The molecule has 0 aliphatic carbocycles. The molecule has 2 atom stereocenters. The summed E-state index contributed by atoms with van der Waals surface area (Å²) in [7, 11) is 0. The number of para-hydroxylation sites is 1. The van der Waals surface area contributed by atoms with Crippen molar-refractivity contribution in [1.29, 1.82) is 0 Å². The van der Waals surface area contributed by atoms with Crippen LogP contribution in [0.2, 0.25) is 0 Å². The highest BCUT2D eigenvalue weighted by molar-refractivity contribution is 5.62. The first kappa shape index (κ1) is 18.6. The second-order valence-electron chi connectivity index (χ2n) is 6.77. The van der Waals surface area contributed by atoms with Crippen LogP contribution in [0.5, 0.6) is 5.75 Å². The Bertz CT molecular complexity index is 857. The third-order valence-corrected chi connectivity index (χ3v) is 4.94. The fourth-order valence-corrected chi connectivity index (χ4v) is 3.54. The van der Waals surface area contributed by atoms with Gasteiger partial charge in [-0.1, -0.05) is 42.5 Å². The third kappa shape index (κ3) is 4.39. The number of piperazine rings is 1. The van der Waals surface area contributed by atoms with Crippen molar-refractivity contribution in [3.8, 4) is 17.2 Å². The van der Waals surface area contributed by atoms with Crippen molar-refractivity contribution in [2.75, 3.05) is 26.2 Å². The van der Waals surface area contributed by atoms with Crippen LogP contribution in [0.3, 0.4) is 0 Å². The molecule has 28 heavy (non-hydrogen) atoms. The predicted molar refractivity (Wildman–Crippen MR) is 105 cm³/mol. The summed E-state index contributed by atoms with van der Waals surface area (Å²) in [5.74, 6) is 0.896. The van der Waals surface area contributed by atoms with E-state index in [2.05, 4.69) is 44.7 Å². The Morgan fingerprint density at radius 1 is 1.18 bits per heavy atom. The number of hydrogen-bond acceptors (Lipinski definition) is 7. The summed E-state index contributed by atoms with van der Waals surface area (Å²) in [5.41, 5.74) is 1.95. The number of aliphatic hydroxyl groups excluding tert-OH is 1. The lowest BCUT2D eigenvalue weighted by atomic mass is 10.0. The number of aromatic nitrogens is 2. The normalized spacial score (nSPS) is 18.7. The number of nitrogens with zero attached hydrogens (tertiary/aromatic N) is 3. The zero-order valence-corrected chi connectivity index (χ0v) is 15.6. The van der Waals surface area contributed by atoms with E-state index in [1.54, 1.807) is 6.07 Å². The molecular formula is C21H24N4O3. The van der Waals surface area contributed by atoms with E-state index in [4.69, 9.17) is 9.15 Å². The second kappa shape index (κ2) is 8.97. The van der Waals surface area contributed by atoms with Gasteiger partial charge in [0.1, 0.15) is 5.75 Å². The van der Waals surface area contributed by atoms with Crippen molar-refractivity contribution < 1.29 is 14.3 Å². The highest BCUT2D eigenvalue weighted by Gasteiger charge is 2.24. The van der Waals surface area contributed by atoms with Crippen molar-refractivity contribution in [3.05, 3.63) is 66.6 Å². The van der Waals surface area contributed by atoms with Crippen molar-refractivity contribution in [3.63, 3.8) is 0 Å². The summed E-state index contributed by atoms with van der Waals surface area (Å²) in [6.45, 7) is 3.53. The fourth-order valence-electron chi connectivity index (χ4n) is 3.54. The molecule has 2 N–H and O–H groups in total. The lowest BCUT2D eigenvalue weighted by Crippen LogP contribution is -2.46. The zero-order chi connectivity index (χ0) is 19.2. The van der Waals surface area contributed by atoms with Gasteiger partial charge < -0.3 is 19.6 Å². The van der Waals surface area contributed by atoms with Gasteiger partial charge in [0.2, 0.25) is 6.39 Å². The molecule has 1 fully saturated rings. The van der Waals surface area contributed by atoms with Crippen LogP contribution in [-0.2, 0) is 0 Å². The smallest absolute Gasteiger partial charge is 0.251 e. The number of benzene rings is 2. The van der Waals surface area contributed by atoms with Crippen LogP contribution >= 0.6 is 0 Å². The maximum absolute atomic E-state index is 10.5. The minimum atomic E-state index is -0.921. The summed E-state index contributed by atoms with van der Waals surface area (Å²) in [6, 6.07) is 18.1. The Labute approximate surface area is 164 Å². The summed E-state index contributed by atoms with van der Waals surface area (Å²) < 4.78 is 11.0. The predicted octanol–water partition coefficient (Wildman–Crippen LogP) is 2.47. The Kier molecular flexibility index (Phi) is 5.96. The minimum Gasteiger partial charge on any atom is -0.464 e. The molecule has 0 spiro atoms. The van der Waals surface area contributed by atoms with E-state index in [1.807, 2.05) is 24.3 Å². The average Bonchev–Trinajstić information content (AvgIpc) is 3.28. The van der Waals surface area contributed by atoms with Crippen LogP contribution in [0, 0.1) is 0 Å². The van der Waals surface area contributed by atoms with Crippen molar-refractivity contribution in [2.24, 2.45) is 0 Å². The van der Waals surface area contributed by atoms with Crippen LogP contribution in [0.1, 0.15) is 18.0 Å². The third-order valence-electron chi connectivity index (χ3n) is 4.94. The quantitative estimate of drug-likeness (QED) is 0.609. The number of nitrogens with one attached hydrogen (secondary N) is 1. The number of hydrogen-bond donors (Lipinski definition) is 2. The minimum absolute atomic E-state index is 0.299. The molecule has 2 heterocycles. The van der Waals surface area contributed by atoms with E-state index in [9.17, 15) is 5.11 Å². The van der Waals surface area contributed by atoms with Gasteiger partial charge >= 0.3 is 0 Å². The molecule has 0 amide bonds. The van der Waals surface area contributed by atoms with Crippen molar-refractivity contribution in [1.82, 2.24) is 20.4 Å². The number of aliphatic hydroxyl groups is 1. The summed E-state index contributed by atoms with van der Waals surface area (Å²) >= 11 is 0. The molecule has 7 nitrogen and oxygen atoms in total. The van der Waals surface area contributed by atoms with Crippen LogP contribution in [0.25, 0.3) is 11.5 Å². The number of rotatable bonds is 7. The second-order valence-corrected chi connectivity index (χ2v) is 6.77. The monoisotopic (exact) mass is 380 g/mol. The fraction of sp³-hybridized carbons (Fsp3) is 0.333. The lowest BCUT2D eigenvalue weighted by molar-refractivity contribution is -0.0323.